The van der Waals surface area contributed by atoms with Crippen LogP contribution in [0.2, 0.25) is 0 Å². The van der Waals surface area contributed by atoms with Gasteiger partial charge in [-0.2, -0.15) is 0 Å². The smallest absolute Gasteiger partial charge is 0.338 e. The van der Waals surface area contributed by atoms with Gasteiger partial charge in [0, 0.05) is 18.7 Å². The second-order valence-corrected chi connectivity index (χ2v) is 7.05. The number of hydrogen-bond acceptors (Lipinski definition) is 7. The lowest BCUT2D eigenvalue weighted by Gasteiger charge is -2.22. The van der Waals surface area contributed by atoms with E-state index in [4.69, 9.17) is 14.2 Å². The van der Waals surface area contributed by atoms with Gasteiger partial charge in [-0.05, 0) is 49.6 Å². The third kappa shape index (κ3) is 5.71. The summed E-state index contributed by atoms with van der Waals surface area (Å²) in [5.74, 6) is -0.322. The van der Waals surface area contributed by atoms with Gasteiger partial charge in [0.2, 0.25) is 0 Å². The molecule has 0 bridgehead atoms. The fourth-order valence-corrected chi connectivity index (χ4v) is 3.09. The fraction of sp³-hybridized carbons (Fsp3) is 0.364. The average Bonchev–Trinajstić information content (AvgIpc) is 3.61. The second-order valence-electron chi connectivity index (χ2n) is 7.05. The third-order valence-electron chi connectivity index (χ3n) is 4.84. The molecule has 0 heterocycles. The topological polar surface area (TPSA) is 108 Å². The number of nitrogens with zero attached hydrogens (tertiary/aromatic N) is 2. The van der Waals surface area contributed by atoms with E-state index in [2.05, 4.69) is 0 Å². The van der Waals surface area contributed by atoms with E-state index in [1.54, 1.807) is 18.9 Å². The van der Waals surface area contributed by atoms with Crippen LogP contribution in [0, 0.1) is 10.1 Å². The SMILES string of the molecule is CCOc1ccc(C(=O)OCC(=O)N(Cc2ccc(OC)cc2)C2CC2)cc1[N+](=O)[O-]. The molecule has 0 saturated heterocycles. The first kappa shape index (κ1) is 22.1. The molecule has 3 rings (SSSR count). The van der Waals surface area contributed by atoms with Crippen molar-refractivity contribution < 1.29 is 28.7 Å². The predicted octanol–water partition coefficient (Wildman–Crippen LogP) is 3.35. The number of esters is 1. The Hall–Kier alpha value is -3.62. The van der Waals surface area contributed by atoms with Crippen LogP contribution >= 0.6 is 0 Å². The van der Waals surface area contributed by atoms with Crippen molar-refractivity contribution >= 4 is 17.6 Å². The Bertz CT molecular complexity index is 955. The number of nitro benzene ring substituents is 1. The van der Waals surface area contributed by atoms with Crippen LogP contribution in [0.3, 0.4) is 0 Å². The van der Waals surface area contributed by atoms with E-state index in [1.807, 2.05) is 24.3 Å². The summed E-state index contributed by atoms with van der Waals surface area (Å²) in [6.07, 6.45) is 1.81. The van der Waals surface area contributed by atoms with E-state index in [9.17, 15) is 19.7 Å². The zero-order chi connectivity index (χ0) is 22.4. The standard InChI is InChI=1S/C22H24N2O7/c1-3-30-20-11-6-16(12-19(20)24(27)28)22(26)31-14-21(25)23(17-7-8-17)13-15-4-9-18(29-2)10-5-15/h4-6,9-12,17H,3,7-8,13-14H2,1-2H3. The van der Waals surface area contributed by atoms with Gasteiger partial charge in [-0.15, -0.1) is 0 Å². The predicted molar refractivity (Wildman–Crippen MR) is 111 cm³/mol. The number of hydrogen-bond donors (Lipinski definition) is 0. The monoisotopic (exact) mass is 428 g/mol. The van der Waals surface area contributed by atoms with Gasteiger partial charge in [0.25, 0.3) is 5.91 Å². The largest absolute Gasteiger partial charge is 0.497 e. The Labute approximate surface area is 179 Å². The van der Waals surface area contributed by atoms with Gasteiger partial charge < -0.3 is 19.1 Å². The van der Waals surface area contributed by atoms with Gasteiger partial charge >= 0.3 is 11.7 Å². The highest BCUT2D eigenvalue weighted by Gasteiger charge is 2.33. The third-order valence-corrected chi connectivity index (χ3v) is 4.84. The molecule has 0 radical (unpaired) electrons. The van der Waals surface area contributed by atoms with Crippen molar-refractivity contribution in [1.82, 2.24) is 4.90 Å². The summed E-state index contributed by atoms with van der Waals surface area (Å²) < 4.78 is 15.5. The quantitative estimate of drug-likeness (QED) is 0.324. The molecule has 2 aromatic rings. The van der Waals surface area contributed by atoms with E-state index in [-0.39, 0.29) is 35.6 Å². The summed E-state index contributed by atoms with van der Waals surface area (Å²) in [5, 5.41) is 11.2. The summed E-state index contributed by atoms with van der Waals surface area (Å²) in [7, 11) is 1.59. The van der Waals surface area contributed by atoms with Crippen LogP contribution in [0.5, 0.6) is 11.5 Å². The second kappa shape index (κ2) is 9.92. The normalized spacial score (nSPS) is 12.7. The lowest BCUT2D eigenvalue weighted by molar-refractivity contribution is -0.385. The molecule has 1 fully saturated rings. The number of carbonyl (C=O) groups is 2. The molecule has 1 aliphatic carbocycles. The minimum absolute atomic E-state index is 0.0175. The number of rotatable bonds is 10. The van der Waals surface area contributed by atoms with Crippen molar-refractivity contribution in [3.05, 3.63) is 63.7 Å². The van der Waals surface area contributed by atoms with Crippen molar-refractivity contribution in [3.63, 3.8) is 0 Å². The first-order valence-electron chi connectivity index (χ1n) is 9.93. The van der Waals surface area contributed by atoms with E-state index in [0.29, 0.717) is 6.54 Å². The highest BCUT2D eigenvalue weighted by atomic mass is 16.6. The molecule has 31 heavy (non-hydrogen) atoms. The van der Waals surface area contributed by atoms with Gasteiger partial charge in [0.05, 0.1) is 24.2 Å². The first-order chi connectivity index (χ1) is 14.9. The number of amides is 1. The highest BCUT2D eigenvalue weighted by Crippen LogP contribution is 2.30. The Morgan fingerprint density at radius 3 is 2.45 bits per heavy atom. The van der Waals surface area contributed by atoms with Gasteiger partial charge in [-0.1, -0.05) is 12.1 Å². The summed E-state index contributed by atoms with van der Waals surface area (Å²) in [5.41, 5.74) is 0.590. The number of methoxy groups -OCH3 is 1. The Morgan fingerprint density at radius 1 is 1.16 bits per heavy atom. The molecule has 0 aliphatic heterocycles. The lowest BCUT2D eigenvalue weighted by Crippen LogP contribution is -2.36. The van der Waals surface area contributed by atoms with Crippen molar-refractivity contribution in [2.75, 3.05) is 20.3 Å². The Kier molecular flexibility index (Phi) is 7.07. The molecule has 1 aliphatic rings. The number of carbonyl (C=O) groups excluding carboxylic acids is 2. The van der Waals surface area contributed by atoms with Crippen LogP contribution < -0.4 is 9.47 Å². The van der Waals surface area contributed by atoms with Gasteiger partial charge in [0.15, 0.2) is 12.4 Å². The Balaban J connectivity index is 1.63. The fourth-order valence-electron chi connectivity index (χ4n) is 3.09. The molecule has 1 amide bonds. The van der Waals surface area contributed by atoms with Crippen LogP contribution in [-0.2, 0) is 16.1 Å². The maximum atomic E-state index is 12.7. The molecular weight excluding hydrogens is 404 g/mol. The minimum atomic E-state index is -0.806. The van der Waals surface area contributed by atoms with E-state index < -0.39 is 17.5 Å². The maximum Gasteiger partial charge on any atom is 0.338 e. The van der Waals surface area contributed by atoms with Gasteiger partial charge in [0.1, 0.15) is 5.75 Å². The maximum absolute atomic E-state index is 12.7. The molecule has 164 valence electrons. The molecule has 0 atom stereocenters. The molecule has 9 heteroatoms. The summed E-state index contributed by atoms with van der Waals surface area (Å²) in [6, 6.07) is 11.3. The highest BCUT2D eigenvalue weighted by molar-refractivity contribution is 5.92. The van der Waals surface area contributed by atoms with Crippen molar-refractivity contribution in [2.45, 2.75) is 32.4 Å². The summed E-state index contributed by atoms with van der Waals surface area (Å²) in [6.45, 7) is 1.92. The number of benzene rings is 2. The average molecular weight is 428 g/mol. The van der Waals surface area contributed by atoms with Crippen LogP contribution in [0.25, 0.3) is 0 Å². The Morgan fingerprint density at radius 2 is 1.87 bits per heavy atom. The van der Waals surface area contributed by atoms with Crippen molar-refractivity contribution in [1.29, 1.82) is 0 Å². The molecule has 1 saturated carbocycles. The molecular formula is C22H24N2O7. The molecule has 2 aromatic carbocycles. The van der Waals surface area contributed by atoms with Crippen LogP contribution in [0.15, 0.2) is 42.5 Å². The van der Waals surface area contributed by atoms with Crippen LogP contribution in [-0.4, -0.2) is 48.1 Å². The number of nitro groups is 1. The summed E-state index contributed by atoms with van der Waals surface area (Å²) in [4.78, 5) is 37.3. The zero-order valence-electron chi connectivity index (χ0n) is 17.4. The lowest BCUT2D eigenvalue weighted by atomic mass is 10.2. The summed E-state index contributed by atoms with van der Waals surface area (Å²) >= 11 is 0. The van der Waals surface area contributed by atoms with Gasteiger partial charge in [-0.3, -0.25) is 14.9 Å². The van der Waals surface area contributed by atoms with Crippen LogP contribution in [0.4, 0.5) is 5.69 Å². The molecule has 0 aromatic heterocycles. The minimum Gasteiger partial charge on any atom is -0.497 e. The van der Waals surface area contributed by atoms with Crippen LogP contribution in [0.1, 0.15) is 35.7 Å². The molecule has 9 nitrogen and oxygen atoms in total. The number of ether oxygens (including phenoxy) is 3. The van der Waals surface area contributed by atoms with E-state index in [0.717, 1.165) is 30.2 Å². The van der Waals surface area contributed by atoms with E-state index >= 15 is 0 Å². The van der Waals surface area contributed by atoms with Crippen molar-refractivity contribution in [3.8, 4) is 11.5 Å². The molecule has 0 unspecified atom stereocenters. The molecule has 0 N–H and O–H groups in total. The zero-order valence-corrected chi connectivity index (χ0v) is 17.4. The van der Waals surface area contributed by atoms with E-state index in [1.165, 1.54) is 12.1 Å². The molecule has 0 spiro atoms. The first-order valence-corrected chi connectivity index (χ1v) is 9.93. The van der Waals surface area contributed by atoms with Gasteiger partial charge in [-0.25, -0.2) is 4.79 Å². The van der Waals surface area contributed by atoms with Crippen molar-refractivity contribution in [2.24, 2.45) is 0 Å².